The van der Waals surface area contributed by atoms with Gasteiger partial charge in [0.15, 0.2) is 0 Å². The molecular formula is C30H24O5. The highest BCUT2D eigenvalue weighted by Gasteiger charge is 2.51. The van der Waals surface area contributed by atoms with E-state index in [1.165, 1.54) is 0 Å². The normalized spacial score (nSPS) is 14.3. The maximum atomic E-state index is 12.3. The van der Waals surface area contributed by atoms with E-state index in [1.54, 1.807) is 45.0 Å². The van der Waals surface area contributed by atoms with Crippen molar-refractivity contribution in [1.82, 2.24) is 0 Å². The fourth-order valence-electron chi connectivity index (χ4n) is 5.31. The Morgan fingerprint density at radius 2 is 1.34 bits per heavy atom. The molecule has 0 fully saturated rings. The molecule has 6 rings (SSSR count). The summed E-state index contributed by atoms with van der Waals surface area (Å²) < 4.78 is 17.1. The van der Waals surface area contributed by atoms with E-state index in [4.69, 9.17) is 14.2 Å². The third-order valence-electron chi connectivity index (χ3n) is 6.49. The van der Waals surface area contributed by atoms with Crippen LogP contribution in [0.3, 0.4) is 0 Å². The van der Waals surface area contributed by atoms with Crippen LogP contribution in [-0.2, 0) is 10.2 Å². The van der Waals surface area contributed by atoms with Crippen LogP contribution in [0, 0.1) is 0 Å². The predicted molar refractivity (Wildman–Crippen MR) is 132 cm³/mol. The van der Waals surface area contributed by atoms with Crippen LogP contribution in [-0.4, -0.2) is 16.9 Å². The van der Waals surface area contributed by atoms with Gasteiger partial charge in [0.2, 0.25) is 0 Å². The van der Waals surface area contributed by atoms with Crippen molar-refractivity contribution in [3.05, 3.63) is 107 Å². The Kier molecular flexibility index (Phi) is 4.49. The summed E-state index contributed by atoms with van der Waals surface area (Å²) in [6, 6.07) is 27.4. The molecule has 1 aliphatic heterocycles. The number of fused-ring (bicyclic) bond motifs is 9. The van der Waals surface area contributed by atoms with Gasteiger partial charge in [-0.15, -0.1) is 0 Å². The number of ether oxygens (including phenoxy) is 3. The molecule has 174 valence electrons. The number of hydrogen-bond acceptors (Lipinski definition) is 5. The molecule has 2 aliphatic rings. The number of benzene rings is 4. The molecule has 35 heavy (non-hydrogen) atoms. The van der Waals surface area contributed by atoms with E-state index in [-0.39, 0.29) is 5.75 Å². The first-order valence-corrected chi connectivity index (χ1v) is 11.5. The lowest BCUT2D eigenvalue weighted by atomic mass is 9.66. The largest absolute Gasteiger partial charge is 0.514 e. The summed E-state index contributed by atoms with van der Waals surface area (Å²) in [7, 11) is 0. The summed E-state index contributed by atoms with van der Waals surface area (Å²) in [5.41, 5.74) is 5.16. The molecule has 0 saturated carbocycles. The van der Waals surface area contributed by atoms with Gasteiger partial charge in [0.1, 0.15) is 28.6 Å². The summed E-state index contributed by atoms with van der Waals surface area (Å²) in [5, 5.41) is 10.3. The number of hydrogen-bond donors (Lipinski definition) is 1. The second-order valence-corrected chi connectivity index (χ2v) is 9.85. The molecular weight excluding hydrogens is 440 g/mol. The van der Waals surface area contributed by atoms with Gasteiger partial charge < -0.3 is 19.3 Å². The summed E-state index contributed by atoms with van der Waals surface area (Å²) in [6.45, 7) is 5.35. The number of aromatic hydroxyl groups is 1. The number of phenolic OH excluding ortho intramolecular Hbond substituents is 1. The first-order valence-electron chi connectivity index (χ1n) is 11.5. The van der Waals surface area contributed by atoms with Gasteiger partial charge in [-0.1, -0.05) is 60.7 Å². The molecule has 0 amide bonds. The SMILES string of the molecule is CC(C)(C)OC(=O)Oc1ccc2c(c1)Oc1cc(O)ccc1C21c2ccccc2-c2ccccc21. The number of phenols is 1. The Morgan fingerprint density at radius 3 is 1.97 bits per heavy atom. The van der Waals surface area contributed by atoms with Crippen molar-refractivity contribution < 1.29 is 24.1 Å². The van der Waals surface area contributed by atoms with Crippen LogP contribution in [0.2, 0.25) is 0 Å². The third-order valence-corrected chi connectivity index (χ3v) is 6.49. The Labute approximate surface area is 203 Å². The molecule has 5 heteroatoms. The minimum absolute atomic E-state index is 0.114. The molecule has 0 unspecified atom stereocenters. The van der Waals surface area contributed by atoms with Gasteiger partial charge in [-0.25, -0.2) is 4.79 Å². The lowest BCUT2D eigenvalue weighted by Gasteiger charge is -2.39. The molecule has 1 spiro atoms. The zero-order valence-corrected chi connectivity index (χ0v) is 19.7. The highest BCUT2D eigenvalue weighted by atomic mass is 16.7. The van der Waals surface area contributed by atoms with Crippen molar-refractivity contribution >= 4 is 6.16 Å². The van der Waals surface area contributed by atoms with Crippen LogP contribution in [0.4, 0.5) is 4.79 Å². The lowest BCUT2D eigenvalue weighted by molar-refractivity contribution is 0.0206. The van der Waals surface area contributed by atoms with E-state index in [9.17, 15) is 9.90 Å². The van der Waals surface area contributed by atoms with E-state index in [1.807, 2.05) is 36.4 Å². The zero-order chi connectivity index (χ0) is 24.4. The maximum Gasteiger partial charge on any atom is 0.514 e. The molecule has 0 saturated heterocycles. The molecule has 5 nitrogen and oxygen atoms in total. The van der Waals surface area contributed by atoms with E-state index in [0.29, 0.717) is 17.2 Å². The number of rotatable bonds is 1. The molecule has 1 aliphatic carbocycles. The average molecular weight is 465 g/mol. The van der Waals surface area contributed by atoms with Crippen molar-refractivity contribution in [3.8, 4) is 34.1 Å². The molecule has 0 atom stereocenters. The lowest BCUT2D eigenvalue weighted by Crippen LogP contribution is -2.32. The Morgan fingerprint density at radius 1 is 0.771 bits per heavy atom. The zero-order valence-electron chi connectivity index (χ0n) is 19.7. The maximum absolute atomic E-state index is 12.3. The van der Waals surface area contributed by atoms with Crippen molar-refractivity contribution in [1.29, 1.82) is 0 Å². The highest BCUT2D eigenvalue weighted by molar-refractivity contribution is 5.88. The van der Waals surface area contributed by atoms with Crippen LogP contribution < -0.4 is 9.47 Å². The van der Waals surface area contributed by atoms with E-state index < -0.39 is 17.2 Å². The topological polar surface area (TPSA) is 65.0 Å². The van der Waals surface area contributed by atoms with Crippen LogP contribution >= 0.6 is 0 Å². The molecule has 4 aromatic carbocycles. The second kappa shape index (κ2) is 7.37. The van der Waals surface area contributed by atoms with Crippen molar-refractivity contribution in [3.63, 3.8) is 0 Å². The van der Waals surface area contributed by atoms with Gasteiger partial charge in [0, 0.05) is 23.3 Å². The molecule has 0 bridgehead atoms. The van der Waals surface area contributed by atoms with Gasteiger partial charge in [0.25, 0.3) is 0 Å². The monoisotopic (exact) mass is 464 g/mol. The summed E-state index contributed by atoms with van der Waals surface area (Å²) in [5.74, 6) is 1.54. The van der Waals surface area contributed by atoms with Crippen molar-refractivity contribution in [2.45, 2.75) is 31.8 Å². The van der Waals surface area contributed by atoms with E-state index in [2.05, 4.69) is 24.3 Å². The van der Waals surface area contributed by atoms with Crippen molar-refractivity contribution in [2.24, 2.45) is 0 Å². The Balaban J connectivity index is 1.59. The molecule has 0 aromatic heterocycles. The van der Waals surface area contributed by atoms with Gasteiger partial charge in [-0.05, 0) is 55.2 Å². The minimum Gasteiger partial charge on any atom is -0.508 e. The van der Waals surface area contributed by atoms with Crippen LogP contribution in [0.1, 0.15) is 43.0 Å². The molecule has 1 N–H and O–H groups in total. The molecule has 4 aromatic rings. The van der Waals surface area contributed by atoms with Crippen molar-refractivity contribution in [2.75, 3.05) is 0 Å². The van der Waals surface area contributed by atoms with Crippen LogP contribution in [0.5, 0.6) is 23.0 Å². The number of carbonyl (C=O) groups is 1. The van der Waals surface area contributed by atoms with Gasteiger partial charge in [-0.2, -0.15) is 0 Å². The summed E-state index contributed by atoms with van der Waals surface area (Å²) in [6.07, 6.45) is -0.780. The second-order valence-electron chi connectivity index (χ2n) is 9.85. The number of carbonyl (C=O) groups excluding carboxylic acids is 1. The van der Waals surface area contributed by atoms with Crippen LogP contribution in [0.15, 0.2) is 84.9 Å². The fraction of sp³-hybridized carbons (Fsp3) is 0.167. The van der Waals surface area contributed by atoms with E-state index >= 15 is 0 Å². The van der Waals surface area contributed by atoms with Gasteiger partial charge in [0.05, 0.1) is 5.41 Å². The standard InChI is InChI=1S/C30H24O5/c1-29(2,3)35-28(32)33-19-13-15-25-27(17-19)34-26-16-18(31)12-14-24(26)30(25)22-10-6-4-8-20(22)21-9-5-7-11-23(21)30/h4-17,31H,1-3H3. The first-order chi connectivity index (χ1) is 16.8. The average Bonchev–Trinajstić information content (AvgIpc) is 3.09. The van der Waals surface area contributed by atoms with Crippen LogP contribution in [0.25, 0.3) is 11.1 Å². The highest BCUT2D eigenvalue weighted by Crippen LogP contribution is 2.62. The quantitative estimate of drug-likeness (QED) is 0.206. The Hall–Kier alpha value is -4.25. The van der Waals surface area contributed by atoms with Gasteiger partial charge >= 0.3 is 6.16 Å². The molecule has 1 heterocycles. The smallest absolute Gasteiger partial charge is 0.508 e. The van der Waals surface area contributed by atoms with Gasteiger partial charge in [-0.3, -0.25) is 0 Å². The minimum atomic E-state index is -0.780. The first kappa shape index (κ1) is 21.3. The van der Waals surface area contributed by atoms with E-state index in [0.717, 1.165) is 33.4 Å². The fourth-order valence-corrected chi connectivity index (χ4v) is 5.31. The third kappa shape index (κ3) is 3.19. The predicted octanol–water partition coefficient (Wildman–Crippen LogP) is 7.17. The summed E-state index contributed by atoms with van der Waals surface area (Å²) in [4.78, 5) is 12.3. The Bertz CT molecular complexity index is 1450. The molecule has 0 radical (unpaired) electrons. The summed E-state index contributed by atoms with van der Waals surface area (Å²) >= 11 is 0.